The Hall–Kier alpha value is -2.50. The van der Waals surface area contributed by atoms with Gasteiger partial charge in [0.2, 0.25) is 5.89 Å². The third-order valence-corrected chi connectivity index (χ3v) is 3.62. The van der Waals surface area contributed by atoms with Gasteiger partial charge in [0.15, 0.2) is 5.96 Å². The number of nitrogens with zero attached hydrogens (tertiary/aromatic N) is 2. The quantitative estimate of drug-likeness (QED) is 0.622. The Kier molecular flexibility index (Phi) is 6.44. The minimum atomic E-state index is -0.0434. The van der Waals surface area contributed by atoms with Crippen LogP contribution in [0.4, 0.5) is 0 Å². The highest BCUT2D eigenvalue weighted by atomic mass is 16.5. The van der Waals surface area contributed by atoms with Crippen LogP contribution in [0.25, 0.3) is 0 Å². The highest BCUT2D eigenvalue weighted by Gasteiger charge is 2.19. The second kappa shape index (κ2) is 8.55. The summed E-state index contributed by atoms with van der Waals surface area (Å²) in [4.78, 5) is 8.92. The first-order chi connectivity index (χ1) is 11.9. The Morgan fingerprint density at radius 2 is 1.92 bits per heavy atom. The Morgan fingerprint density at radius 1 is 1.20 bits per heavy atom. The molecule has 136 valence electrons. The van der Waals surface area contributed by atoms with E-state index in [1.807, 2.05) is 31.2 Å². The van der Waals surface area contributed by atoms with Crippen molar-refractivity contribution in [2.75, 3.05) is 13.7 Å². The first-order valence-corrected chi connectivity index (χ1v) is 8.52. The molecule has 6 heteroatoms. The lowest BCUT2D eigenvalue weighted by molar-refractivity contribution is 0.379. The third kappa shape index (κ3) is 5.81. The van der Waals surface area contributed by atoms with Gasteiger partial charge in [-0.3, -0.25) is 0 Å². The summed E-state index contributed by atoms with van der Waals surface area (Å²) < 4.78 is 11.0. The largest absolute Gasteiger partial charge is 0.497 e. The van der Waals surface area contributed by atoms with Crippen LogP contribution in [0.5, 0.6) is 5.75 Å². The molecule has 2 rings (SSSR count). The average Bonchev–Trinajstić information content (AvgIpc) is 3.07. The standard InChI is InChI=1S/C19H28N4O2/c1-6-20-18(22-11-14-7-9-15(24-5)10-8-14)23-13-17-21-12-16(25-17)19(2,3)4/h7-10,12H,6,11,13H2,1-5H3,(H2,20,22,23). The maximum atomic E-state index is 5.79. The highest BCUT2D eigenvalue weighted by molar-refractivity contribution is 5.79. The lowest BCUT2D eigenvalue weighted by atomic mass is 9.94. The summed E-state index contributed by atoms with van der Waals surface area (Å²) in [6, 6.07) is 7.89. The number of benzene rings is 1. The van der Waals surface area contributed by atoms with Gasteiger partial charge >= 0.3 is 0 Å². The van der Waals surface area contributed by atoms with E-state index in [1.54, 1.807) is 13.3 Å². The van der Waals surface area contributed by atoms with Gasteiger partial charge in [0, 0.05) is 12.0 Å². The molecule has 0 radical (unpaired) electrons. The molecule has 1 heterocycles. The molecular weight excluding hydrogens is 316 g/mol. The van der Waals surface area contributed by atoms with Crippen LogP contribution in [0.1, 0.15) is 44.9 Å². The minimum absolute atomic E-state index is 0.0434. The molecule has 0 amide bonds. The molecule has 0 atom stereocenters. The van der Waals surface area contributed by atoms with E-state index in [2.05, 4.69) is 41.4 Å². The molecule has 2 aromatic rings. The van der Waals surface area contributed by atoms with Crippen LogP contribution in [0, 0.1) is 0 Å². The van der Waals surface area contributed by atoms with Crippen molar-refractivity contribution in [1.82, 2.24) is 15.6 Å². The van der Waals surface area contributed by atoms with Crippen LogP contribution in [-0.4, -0.2) is 24.6 Å². The van der Waals surface area contributed by atoms with Crippen LogP contribution in [0.3, 0.4) is 0 Å². The van der Waals surface area contributed by atoms with E-state index in [0.717, 1.165) is 29.6 Å². The molecule has 0 unspecified atom stereocenters. The first kappa shape index (κ1) is 18.8. The summed E-state index contributed by atoms with van der Waals surface area (Å²) in [5, 5.41) is 6.48. The lowest BCUT2D eigenvalue weighted by Gasteiger charge is -2.13. The fourth-order valence-electron chi connectivity index (χ4n) is 2.14. The van der Waals surface area contributed by atoms with Gasteiger partial charge in [-0.2, -0.15) is 0 Å². The molecule has 0 spiro atoms. The number of aliphatic imine (C=N–C) groups is 1. The second-order valence-corrected chi connectivity index (χ2v) is 6.77. The number of hydrogen-bond acceptors (Lipinski definition) is 4. The maximum absolute atomic E-state index is 5.79. The van der Waals surface area contributed by atoms with Crippen LogP contribution in [-0.2, 0) is 18.5 Å². The number of hydrogen-bond donors (Lipinski definition) is 2. The van der Waals surface area contributed by atoms with Gasteiger partial charge in [0.05, 0.1) is 26.4 Å². The summed E-state index contributed by atoms with van der Waals surface area (Å²) in [6.45, 7) is 10.2. The number of guanidine groups is 1. The predicted molar refractivity (Wildman–Crippen MR) is 99.9 cm³/mol. The molecule has 2 N–H and O–H groups in total. The fraction of sp³-hybridized carbons (Fsp3) is 0.474. The van der Waals surface area contributed by atoms with Crippen molar-refractivity contribution >= 4 is 5.96 Å². The number of oxazole rings is 1. The molecule has 0 saturated heterocycles. The SMILES string of the molecule is CCNC(=NCc1ccc(OC)cc1)NCc1ncc(C(C)(C)C)o1. The molecule has 0 fully saturated rings. The molecule has 0 saturated carbocycles. The van der Waals surface area contributed by atoms with Crippen molar-refractivity contribution in [2.24, 2.45) is 4.99 Å². The van der Waals surface area contributed by atoms with Gasteiger partial charge in [-0.05, 0) is 24.6 Å². The van der Waals surface area contributed by atoms with Crippen molar-refractivity contribution < 1.29 is 9.15 Å². The molecule has 1 aromatic heterocycles. The molecule has 0 bridgehead atoms. The fourth-order valence-corrected chi connectivity index (χ4v) is 2.14. The van der Waals surface area contributed by atoms with Gasteiger partial charge in [-0.1, -0.05) is 32.9 Å². The predicted octanol–water partition coefficient (Wildman–Crippen LogP) is 3.24. The van der Waals surface area contributed by atoms with Crippen LogP contribution >= 0.6 is 0 Å². The van der Waals surface area contributed by atoms with E-state index in [9.17, 15) is 0 Å². The topological polar surface area (TPSA) is 71.7 Å². The van der Waals surface area contributed by atoms with Gasteiger partial charge in [-0.25, -0.2) is 9.98 Å². The summed E-state index contributed by atoms with van der Waals surface area (Å²) in [5.74, 6) is 3.11. The highest BCUT2D eigenvalue weighted by Crippen LogP contribution is 2.22. The number of methoxy groups -OCH3 is 1. The zero-order valence-corrected chi connectivity index (χ0v) is 15.7. The lowest BCUT2D eigenvalue weighted by Crippen LogP contribution is -2.36. The monoisotopic (exact) mass is 344 g/mol. The van der Waals surface area contributed by atoms with E-state index in [4.69, 9.17) is 9.15 Å². The Morgan fingerprint density at radius 3 is 2.48 bits per heavy atom. The smallest absolute Gasteiger partial charge is 0.213 e. The number of aromatic nitrogens is 1. The molecule has 25 heavy (non-hydrogen) atoms. The summed E-state index contributed by atoms with van der Waals surface area (Å²) in [6.07, 6.45) is 1.79. The molecule has 0 aliphatic heterocycles. The molecular formula is C19H28N4O2. The maximum Gasteiger partial charge on any atom is 0.213 e. The van der Waals surface area contributed by atoms with Crippen molar-refractivity contribution in [1.29, 1.82) is 0 Å². The summed E-state index contributed by atoms with van der Waals surface area (Å²) in [5.41, 5.74) is 1.07. The number of rotatable bonds is 6. The summed E-state index contributed by atoms with van der Waals surface area (Å²) >= 11 is 0. The van der Waals surface area contributed by atoms with Crippen LogP contribution in [0.2, 0.25) is 0 Å². The third-order valence-electron chi connectivity index (χ3n) is 3.62. The Labute approximate surface area is 149 Å². The zero-order chi connectivity index (χ0) is 18.3. The zero-order valence-electron chi connectivity index (χ0n) is 15.7. The van der Waals surface area contributed by atoms with Crippen LogP contribution in [0.15, 0.2) is 39.9 Å². The Bertz CT molecular complexity index is 684. The van der Waals surface area contributed by atoms with Crippen LogP contribution < -0.4 is 15.4 Å². The van der Waals surface area contributed by atoms with Gasteiger partial charge in [0.1, 0.15) is 11.5 Å². The van der Waals surface area contributed by atoms with Crippen molar-refractivity contribution in [2.45, 2.75) is 46.2 Å². The Balaban J connectivity index is 1.96. The number of ether oxygens (including phenoxy) is 1. The average molecular weight is 344 g/mol. The van der Waals surface area contributed by atoms with Crippen molar-refractivity contribution in [3.8, 4) is 5.75 Å². The molecule has 6 nitrogen and oxygen atoms in total. The number of nitrogens with one attached hydrogen (secondary N) is 2. The van der Waals surface area contributed by atoms with Crippen molar-refractivity contribution in [3.05, 3.63) is 47.7 Å². The second-order valence-electron chi connectivity index (χ2n) is 6.77. The molecule has 0 aliphatic carbocycles. The van der Waals surface area contributed by atoms with Gasteiger partial charge < -0.3 is 19.8 Å². The molecule has 0 aliphatic rings. The van der Waals surface area contributed by atoms with Gasteiger partial charge in [-0.15, -0.1) is 0 Å². The minimum Gasteiger partial charge on any atom is -0.497 e. The van der Waals surface area contributed by atoms with E-state index >= 15 is 0 Å². The van der Waals surface area contributed by atoms with E-state index in [-0.39, 0.29) is 5.41 Å². The van der Waals surface area contributed by atoms with Crippen molar-refractivity contribution in [3.63, 3.8) is 0 Å². The molecule has 1 aromatic carbocycles. The van der Waals surface area contributed by atoms with Gasteiger partial charge in [0.25, 0.3) is 0 Å². The first-order valence-electron chi connectivity index (χ1n) is 8.52. The summed E-state index contributed by atoms with van der Waals surface area (Å²) in [7, 11) is 1.66. The van der Waals surface area contributed by atoms with E-state index in [1.165, 1.54) is 0 Å². The van der Waals surface area contributed by atoms with E-state index in [0.29, 0.717) is 19.0 Å². The normalized spacial score (nSPS) is 12.1. The van der Waals surface area contributed by atoms with E-state index < -0.39 is 0 Å².